The van der Waals surface area contributed by atoms with Gasteiger partial charge >= 0.3 is 0 Å². The van der Waals surface area contributed by atoms with E-state index in [0.717, 1.165) is 50.8 Å². The number of carbonyl (C=O) groups excluding carboxylic acids is 4. The van der Waals surface area contributed by atoms with Gasteiger partial charge in [-0.1, -0.05) is 23.7 Å². The zero-order valence-corrected chi connectivity index (χ0v) is 31.7. The normalized spacial score (nSPS) is 21.4. The quantitative estimate of drug-likeness (QED) is 0.0894. The lowest BCUT2D eigenvalue weighted by atomic mass is 9.91. The van der Waals surface area contributed by atoms with Crippen LogP contribution in [0.4, 0.5) is 0 Å². The third-order valence-electron chi connectivity index (χ3n) is 9.85. The number of sulfonamides is 1. The molecule has 52 heavy (non-hydrogen) atoms. The number of hydrogen-bond acceptors (Lipinski definition) is 11. The number of hydrogen-bond donors (Lipinski definition) is 5. The number of benzene rings is 1. The fourth-order valence-electron chi connectivity index (χ4n) is 6.90. The lowest BCUT2D eigenvalue weighted by molar-refractivity contribution is -0.143. The molecule has 292 valence electrons. The van der Waals surface area contributed by atoms with E-state index >= 15 is 0 Å². The van der Waals surface area contributed by atoms with Crippen LogP contribution < -0.4 is 26.4 Å². The predicted octanol–water partition coefficient (Wildman–Crippen LogP) is 0.155. The molecule has 3 fully saturated rings. The Morgan fingerprint density at radius 1 is 1.06 bits per heavy atom. The van der Waals surface area contributed by atoms with Crippen LogP contribution in [0.25, 0.3) is 0 Å². The lowest BCUT2D eigenvalue weighted by Crippen LogP contribution is -2.56. The number of halogens is 1. The maximum atomic E-state index is 14.2. The topological polar surface area (TPSA) is 202 Å². The highest BCUT2D eigenvalue weighted by atomic mass is 35.5. The van der Waals surface area contributed by atoms with Crippen LogP contribution in [0.3, 0.4) is 0 Å². The van der Waals surface area contributed by atoms with Gasteiger partial charge in [-0.2, -0.15) is 0 Å². The Morgan fingerprint density at radius 2 is 1.77 bits per heavy atom. The van der Waals surface area contributed by atoms with Crippen molar-refractivity contribution in [2.75, 3.05) is 71.8 Å². The van der Waals surface area contributed by atoms with Crippen LogP contribution in [-0.2, 0) is 45.3 Å². The van der Waals surface area contributed by atoms with Crippen molar-refractivity contribution in [2.45, 2.75) is 82.2 Å². The minimum absolute atomic E-state index is 0.0353. The molecule has 0 spiro atoms. The van der Waals surface area contributed by atoms with E-state index in [4.69, 9.17) is 26.8 Å². The first-order valence-electron chi connectivity index (χ1n) is 18.4. The first-order valence-corrected chi connectivity index (χ1v) is 20.7. The number of amides is 3. The number of likely N-dealkylation sites (tertiary alicyclic amines) is 1. The van der Waals surface area contributed by atoms with Gasteiger partial charge in [0, 0.05) is 44.2 Å². The van der Waals surface area contributed by atoms with Gasteiger partial charge in [-0.15, -0.1) is 0 Å². The van der Waals surface area contributed by atoms with Crippen LogP contribution in [0, 0.1) is 5.92 Å². The fourth-order valence-corrected chi connectivity index (χ4v) is 7.76. The van der Waals surface area contributed by atoms with Gasteiger partial charge in [0.2, 0.25) is 27.6 Å². The van der Waals surface area contributed by atoms with Crippen LogP contribution in [0.15, 0.2) is 24.3 Å². The smallest absolute Gasteiger partial charge is 0.289 e. The van der Waals surface area contributed by atoms with Crippen LogP contribution >= 0.6 is 11.6 Å². The molecule has 3 aliphatic heterocycles. The third-order valence-corrected chi connectivity index (χ3v) is 10.8. The molecule has 3 amide bonds. The first kappa shape index (κ1) is 42.0. The summed E-state index contributed by atoms with van der Waals surface area (Å²) in [5.74, 6) is -2.40. The van der Waals surface area contributed by atoms with Gasteiger partial charge < -0.3 is 36.1 Å². The van der Waals surface area contributed by atoms with E-state index in [1.54, 1.807) is 12.1 Å². The Morgan fingerprint density at radius 3 is 2.44 bits per heavy atom. The summed E-state index contributed by atoms with van der Waals surface area (Å²) in [6.07, 6.45) is 4.58. The SMILES string of the molecule is CS(=O)(=O)N[C@H](CCC1CCNCC1)C(=O)N1C[C@H](OCc2ccc(Cl)cc2)C[C@H]1C(=O)N[C@@H](CCCCN)C(=O)C(=O)NCCN1CCOCC1. The highest BCUT2D eigenvalue weighted by Crippen LogP contribution is 2.26. The molecule has 1 aromatic rings. The number of ketones is 1. The van der Waals surface area contributed by atoms with Crippen molar-refractivity contribution in [2.24, 2.45) is 11.7 Å². The predicted molar refractivity (Wildman–Crippen MR) is 197 cm³/mol. The molecule has 17 heteroatoms. The van der Waals surface area contributed by atoms with Crippen molar-refractivity contribution in [3.63, 3.8) is 0 Å². The van der Waals surface area contributed by atoms with Crippen molar-refractivity contribution >= 4 is 45.1 Å². The van der Waals surface area contributed by atoms with Crippen LogP contribution in [0.5, 0.6) is 0 Å². The molecule has 0 unspecified atom stereocenters. The Hall–Kier alpha value is -2.70. The second-order valence-electron chi connectivity index (χ2n) is 13.9. The highest BCUT2D eigenvalue weighted by molar-refractivity contribution is 7.88. The average molecular weight is 770 g/mol. The van der Waals surface area contributed by atoms with Crippen molar-refractivity contribution in [1.82, 2.24) is 30.5 Å². The number of nitrogens with zero attached hydrogens (tertiary/aromatic N) is 2. The van der Waals surface area contributed by atoms with Crippen LogP contribution in [-0.4, -0.2) is 138 Å². The van der Waals surface area contributed by atoms with E-state index in [9.17, 15) is 27.6 Å². The van der Waals surface area contributed by atoms with Gasteiger partial charge in [-0.25, -0.2) is 13.1 Å². The molecular weight excluding hydrogens is 714 g/mol. The number of unbranched alkanes of at least 4 members (excludes halogenated alkanes) is 1. The second kappa shape index (κ2) is 21.3. The van der Waals surface area contributed by atoms with Gasteiger partial charge in [-0.05, 0) is 88.2 Å². The van der Waals surface area contributed by atoms with E-state index < -0.39 is 57.8 Å². The Balaban J connectivity index is 1.49. The van der Waals surface area contributed by atoms with Gasteiger partial charge in [0.05, 0.1) is 38.2 Å². The number of nitrogens with one attached hydrogen (secondary N) is 4. The summed E-state index contributed by atoms with van der Waals surface area (Å²) in [6, 6.07) is 3.82. The molecule has 0 aromatic heterocycles. The summed E-state index contributed by atoms with van der Waals surface area (Å²) >= 11 is 6.04. The number of rotatable bonds is 20. The van der Waals surface area contributed by atoms with Crippen molar-refractivity contribution in [3.8, 4) is 0 Å². The Labute approximate surface area is 312 Å². The molecular formula is C35H56ClN7O8S. The van der Waals surface area contributed by atoms with Gasteiger partial charge in [-0.3, -0.25) is 24.1 Å². The molecule has 0 bridgehead atoms. The molecule has 0 radical (unpaired) electrons. The van der Waals surface area contributed by atoms with Gasteiger partial charge in [0.15, 0.2) is 0 Å². The van der Waals surface area contributed by atoms with E-state index in [0.29, 0.717) is 56.5 Å². The van der Waals surface area contributed by atoms with E-state index in [2.05, 4.69) is 25.6 Å². The summed E-state index contributed by atoms with van der Waals surface area (Å²) in [5.41, 5.74) is 6.54. The highest BCUT2D eigenvalue weighted by Gasteiger charge is 2.44. The minimum Gasteiger partial charge on any atom is -0.379 e. The largest absolute Gasteiger partial charge is 0.379 e. The standard InChI is InChI=1S/C35H56ClN7O8S/c1-52(48,49)41-30(10-7-25-11-14-38-15-12-25)35(47)43-23-28(51-24-26-5-8-27(36)9-6-26)22-31(43)33(45)40-29(4-2-3-13-37)32(44)34(46)39-16-17-42-18-20-50-21-19-42/h5-6,8-9,25,28-31,38,41H,2-4,7,10-24,37H2,1H3,(H,39,46)(H,40,45)/t28-,29+,30-,31+/m1/s1. The Bertz CT molecular complexity index is 1420. The molecule has 0 saturated carbocycles. The lowest BCUT2D eigenvalue weighted by Gasteiger charge is -2.30. The molecule has 4 rings (SSSR count). The maximum absolute atomic E-state index is 14.2. The average Bonchev–Trinajstić information content (AvgIpc) is 3.57. The van der Waals surface area contributed by atoms with Gasteiger partial charge in [0.1, 0.15) is 12.1 Å². The van der Waals surface area contributed by atoms with E-state index in [1.165, 1.54) is 4.90 Å². The third kappa shape index (κ3) is 13.9. The van der Waals surface area contributed by atoms with Crippen molar-refractivity contribution in [3.05, 3.63) is 34.9 Å². The van der Waals surface area contributed by atoms with Crippen LogP contribution in [0.1, 0.15) is 56.9 Å². The summed E-state index contributed by atoms with van der Waals surface area (Å²) in [7, 11) is -3.78. The molecule has 3 saturated heterocycles. The zero-order chi connectivity index (χ0) is 37.5. The molecule has 3 aliphatic rings. The number of piperidine rings is 1. The van der Waals surface area contributed by atoms with E-state index in [1.807, 2.05) is 12.1 Å². The van der Waals surface area contributed by atoms with E-state index in [-0.39, 0.29) is 39.0 Å². The van der Waals surface area contributed by atoms with Crippen molar-refractivity contribution in [1.29, 1.82) is 0 Å². The number of ether oxygens (including phenoxy) is 2. The number of Topliss-reactive ketones (excluding diaryl/α,β-unsaturated/α-hetero) is 1. The van der Waals surface area contributed by atoms with Gasteiger partial charge in [0.25, 0.3) is 5.91 Å². The molecule has 0 aliphatic carbocycles. The number of morpholine rings is 1. The first-order chi connectivity index (χ1) is 24.9. The summed E-state index contributed by atoms with van der Waals surface area (Å²) in [4.78, 5) is 58.3. The molecule has 3 heterocycles. The summed E-state index contributed by atoms with van der Waals surface area (Å²) < 4.78 is 38.9. The van der Waals surface area contributed by atoms with Crippen molar-refractivity contribution < 1.29 is 37.1 Å². The molecule has 15 nitrogen and oxygen atoms in total. The molecule has 6 N–H and O–H groups in total. The zero-order valence-electron chi connectivity index (χ0n) is 30.2. The summed E-state index contributed by atoms with van der Waals surface area (Å²) in [6.45, 7) is 5.85. The Kier molecular flexibility index (Phi) is 17.2. The molecule has 4 atom stereocenters. The second-order valence-corrected chi connectivity index (χ2v) is 16.2. The maximum Gasteiger partial charge on any atom is 0.289 e. The molecule has 1 aromatic carbocycles. The monoisotopic (exact) mass is 769 g/mol. The number of carbonyl (C=O) groups is 4. The number of nitrogens with two attached hydrogens (primary N) is 1. The summed E-state index contributed by atoms with van der Waals surface area (Å²) in [5, 5.41) is 9.34. The fraction of sp³-hybridized carbons (Fsp3) is 0.714. The minimum atomic E-state index is -3.78. The van der Waals surface area contributed by atoms with Crippen LogP contribution in [0.2, 0.25) is 5.02 Å².